The van der Waals surface area contributed by atoms with Crippen LogP contribution >= 0.6 is 0 Å². The fourth-order valence-electron chi connectivity index (χ4n) is 2.36. The average molecular weight is 354 g/mol. The Hall–Kier alpha value is -2.70. The topological polar surface area (TPSA) is 71.5 Å². The molecule has 2 N–H and O–H groups in total. The number of benzene rings is 2. The summed E-state index contributed by atoms with van der Waals surface area (Å²) >= 11 is -2.05. The summed E-state index contributed by atoms with van der Waals surface area (Å²) in [7, 11) is 0. The van der Waals surface area contributed by atoms with Gasteiger partial charge in [-0.3, -0.25) is 4.98 Å². The molecule has 0 saturated heterocycles. The lowest BCUT2D eigenvalue weighted by Gasteiger charge is -2.12. The monoisotopic (exact) mass is 354 g/mol. The lowest BCUT2D eigenvalue weighted by Crippen LogP contribution is -2.05. The number of hydrogen-bond donors (Lipinski definition) is 2. The van der Waals surface area contributed by atoms with E-state index in [1.165, 1.54) is 0 Å². The van der Waals surface area contributed by atoms with Crippen LogP contribution in [0, 0.1) is 0 Å². The first-order valence-corrected chi connectivity index (χ1v) is 8.87. The zero-order valence-electron chi connectivity index (χ0n) is 13.5. The van der Waals surface area contributed by atoms with Crippen molar-refractivity contribution in [2.45, 2.75) is 18.0 Å². The molecule has 0 aliphatic rings. The molecule has 25 heavy (non-hydrogen) atoms. The molecule has 0 spiro atoms. The molecule has 128 valence electrons. The lowest BCUT2D eigenvalue weighted by molar-refractivity contribution is 0.305. The number of nitrogens with zero attached hydrogens (tertiary/aromatic N) is 1. The number of para-hydroxylation sites is 1. The van der Waals surface area contributed by atoms with E-state index >= 15 is 0 Å². The fourth-order valence-corrected chi connectivity index (χ4v) is 2.90. The molecule has 1 aromatic heterocycles. The van der Waals surface area contributed by atoms with E-state index in [1.807, 2.05) is 42.5 Å². The maximum atomic E-state index is 11.6. The average Bonchev–Trinajstić information content (AvgIpc) is 2.66. The Labute approximate surface area is 149 Å². The molecule has 0 bridgehead atoms. The van der Waals surface area contributed by atoms with Crippen molar-refractivity contribution in [3.05, 3.63) is 84.2 Å². The fraction of sp³-hybridized carbons (Fsp3) is 0.105. The second-order valence-electron chi connectivity index (χ2n) is 5.39. The van der Waals surface area contributed by atoms with Gasteiger partial charge in [-0.05, 0) is 42.0 Å². The summed E-state index contributed by atoms with van der Waals surface area (Å²) in [5, 5.41) is 3.25. The van der Waals surface area contributed by atoms with E-state index in [1.54, 1.807) is 30.6 Å². The van der Waals surface area contributed by atoms with Gasteiger partial charge >= 0.3 is 0 Å². The largest absolute Gasteiger partial charge is 0.489 e. The summed E-state index contributed by atoms with van der Waals surface area (Å²) in [6.45, 7) is 0.816. The molecular formula is C19H18N2O3S. The molecule has 0 radical (unpaired) electrons. The number of hydrogen-bond acceptors (Lipinski definition) is 4. The number of aromatic nitrogens is 1. The molecule has 0 saturated carbocycles. The smallest absolute Gasteiger partial charge is 0.186 e. The van der Waals surface area contributed by atoms with E-state index in [2.05, 4.69) is 10.3 Å². The Morgan fingerprint density at radius 2 is 1.92 bits per heavy atom. The summed E-state index contributed by atoms with van der Waals surface area (Å²) in [5.41, 5.74) is 2.62. The summed E-state index contributed by atoms with van der Waals surface area (Å²) in [6.07, 6.45) is 3.46. The third-order valence-electron chi connectivity index (χ3n) is 3.61. The van der Waals surface area contributed by atoms with Gasteiger partial charge in [-0.25, -0.2) is 4.21 Å². The number of anilines is 1. The van der Waals surface area contributed by atoms with Crippen LogP contribution in [0.2, 0.25) is 0 Å². The highest BCUT2D eigenvalue weighted by Crippen LogP contribution is 2.22. The Morgan fingerprint density at radius 1 is 1.08 bits per heavy atom. The van der Waals surface area contributed by atoms with Crippen molar-refractivity contribution in [3.8, 4) is 5.75 Å². The summed E-state index contributed by atoms with van der Waals surface area (Å²) in [4.78, 5) is 4.42. The maximum Gasteiger partial charge on any atom is 0.186 e. The van der Waals surface area contributed by atoms with Gasteiger partial charge in [-0.1, -0.05) is 24.3 Å². The SMILES string of the molecule is O=S(O)c1ccc(OCc2cccnc2)cc1CNc1ccccc1. The van der Waals surface area contributed by atoms with Crippen molar-refractivity contribution in [1.29, 1.82) is 0 Å². The zero-order chi connectivity index (χ0) is 17.5. The highest BCUT2D eigenvalue weighted by molar-refractivity contribution is 7.79. The van der Waals surface area contributed by atoms with Gasteiger partial charge in [-0.2, -0.15) is 0 Å². The van der Waals surface area contributed by atoms with E-state index in [0.29, 0.717) is 29.4 Å². The van der Waals surface area contributed by atoms with E-state index < -0.39 is 11.1 Å². The first kappa shape index (κ1) is 17.1. The standard InChI is InChI=1S/C19H18N2O3S/c22-25(23)19-9-8-18(24-14-15-5-4-10-20-12-15)11-16(19)13-21-17-6-2-1-3-7-17/h1-12,21H,13-14H2,(H,22,23). The van der Waals surface area contributed by atoms with Crippen molar-refractivity contribution in [2.24, 2.45) is 0 Å². The van der Waals surface area contributed by atoms with Gasteiger partial charge in [0.05, 0.1) is 4.90 Å². The minimum Gasteiger partial charge on any atom is -0.489 e. The molecule has 0 fully saturated rings. The predicted molar refractivity (Wildman–Crippen MR) is 97.8 cm³/mol. The lowest BCUT2D eigenvalue weighted by atomic mass is 10.2. The summed E-state index contributed by atoms with van der Waals surface area (Å²) in [5.74, 6) is 0.642. The second-order valence-corrected chi connectivity index (χ2v) is 6.33. The van der Waals surface area contributed by atoms with Gasteiger partial charge in [0.1, 0.15) is 12.4 Å². The zero-order valence-corrected chi connectivity index (χ0v) is 14.3. The first-order chi connectivity index (χ1) is 12.2. The molecule has 3 aromatic rings. The molecule has 1 unspecified atom stereocenters. The molecule has 0 aliphatic heterocycles. The minimum atomic E-state index is -2.05. The number of nitrogens with one attached hydrogen (secondary N) is 1. The van der Waals surface area contributed by atoms with Crippen LogP contribution in [0.3, 0.4) is 0 Å². The molecule has 0 amide bonds. The van der Waals surface area contributed by atoms with E-state index in [4.69, 9.17) is 4.74 Å². The van der Waals surface area contributed by atoms with Crippen LogP contribution in [0.4, 0.5) is 5.69 Å². The molecule has 2 aromatic carbocycles. The number of rotatable bonds is 7. The van der Waals surface area contributed by atoms with E-state index in [0.717, 1.165) is 11.3 Å². The van der Waals surface area contributed by atoms with Gasteiger partial charge in [0.25, 0.3) is 0 Å². The maximum absolute atomic E-state index is 11.6. The first-order valence-electron chi connectivity index (χ1n) is 7.77. The Balaban J connectivity index is 1.73. The molecular weight excluding hydrogens is 336 g/mol. The third kappa shape index (κ3) is 4.89. The highest BCUT2D eigenvalue weighted by atomic mass is 32.2. The normalized spacial score (nSPS) is 11.7. The molecule has 1 atom stereocenters. The van der Waals surface area contributed by atoms with Gasteiger partial charge < -0.3 is 14.6 Å². The van der Waals surface area contributed by atoms with Crippen molar-refractivity contribution in [3.63, 3.8) is 0 Å². The Morgan fingerprint density at radius 3 is 2.64 bits per heavy atom. The van der Waals surface area contributed by atoms with Gasteiger partial charge in [-0.15, -0.1) is 0 Å². The Bertz CT molecular complexity index is 842. The summed E-state index contributed by atoms with van der Waals surface area (Å²) in [6, 6.07) is 18.6. The third-order valence-corrected chi connectivity index (χ3v) is 4.38. The minimum absolute atomic E-state index is 0.372. The molecule has 1 heterocycles. The van der Waals surface area contributed by atoms with Gasteiger partial charge in [0, 0.05) is 30.2 Å². The molecule has 3 rings (SSSR count). The van der Waals surface area contributed by atoms with Crippen LogP contribution in [0.25, 0.3) is 0 Å². The van der Waals surface area contributed by atoms with Crippen LogP contribution in [0.5, 0.6) is 5.75 Å². The van der Waals surface area contributed by atoms with E-state index in [9.17, 15) is 8.76 Å². The number of pyridine rings is 1. The molecule has 6 heteroatoms. The van der Waals surface area contributed by atoms with Gasteiger partial charge in [0.15, 0.2) is 11.1 Å². The van der Waals surface area contributed by atoms with Crippen molar-refractivity contribution >= 4 is 16.8 Å². The quantitative estimate of drug-likeness (QED) is 0.631. The van der Waals surface area contributed by atoms with E-state index in [-0.39, 0.29) is 0 Å². The molecule has 0 aliphatic carbocycles. The highest BCUT2D eigenvalue weighted by Gasteiger charge is 2.10. The molecule has 5 nitrogen and oxygen atoms in total. The van der Waals surface area contributed by atoms with Crippen LogP contribution < -0.4 is 10.1 Å². The second kappa shape index (κ2) is 8.41. The summed E-state index contributed by atoms with van der Waals surface area (Å²) < 4.78 is 26.8. The van der Waals surface area contributed by atoms with Crippen LogP contribution in [-0.2, 0) is 24.2 Å². The van der Waals surface area contributed by atoms with Crippen LogP contribution in [0.15, 0.2) is 78.0 Å². The van der Waals surface area contributed by atoms with Crippen LogP contribution in [-0.4, -0.2) is 13.7 Å². The van der Waals surface area contributed by atoms with Crippen LogP contribution in [0.1, 0.15) is 11.1 Å². The van der Waals surface area contributed by atoms with Gasteiger partial charge in [0.2, 0.25) is 0 Å². The Kier molecular flexibility index (Phi) is 5.77. The number of ether oxygens (including phenoxy) is 1. The predicted octanol–water partition coefficient (Wildman–Crippen LogP) is 3.85. The van der Waals surface area contributed by atoms with Crippen molar-refractivity contribution in [2.75, 3.05) is 5.32 Å². The van der Waals surface area contributed by atoms with Crippen molar-refractivity contribution in [1.82, 2.24) is 4.98 Å². The van der Waals surface area contributed by atoms with Crippen molar-refractivity contribution < 1.29 is 13.5 Å².